The molecule has 104 valence electrons. The number of aromatic nitrogens is 1. The van der Waals surface area contributed by atoms with Crippen molar-refractivity contribution in [2.24, 2.45) is 0 Å². The van der Waals surface area contributed by atoms with Gasteiger partial charge in [-0.2, -0.15) is 0 Å². The molecule has 1 amide bonds. The molecule has 0 fully saturated rings. The second-order valence-corrected chi connectivity index (χ2v) is 5.17. The highest BCUT2D eigenvalue weighted by Crippen LogP contribution is 2.12. The van der Waals surface area contributed by atoms with Gasteiger partial charge in [0.2, 0.25) is 5.91 Å². The lowest BCUT2D eigenvalue weighted by atomic mass is 10.1. The zero-order valence-electron chi connectivity index (χ0n) is 11.4. The van der Waals surface area contributed by atoms with Crippen LogP contribution < -0.4 is 0 Å². The fourth-order valence-electron chi connectivity index (χ4n) is 1.95. The lowest BCUT2D eigenvalue weighted by molar-refractivity contribution is -0.130. The van der Waals surface area contributed by atoms with E-state index in [1.165, 1.54) is 0 Å². The number of hydrogen-bond donors (Lipinski definition) is 0. The van der Waals surface area contributed by atoms with Gasteiger partial charge in [0.15, 0.2) is 0 Å². The molecule has 0 spiro atoms. The van der Waals surface area contributed by atoms with Crippen molar-refractivity contribution in [1.29, 1.82) is 0 Å². The molecule has 1 aromatic heterocycles. The topological polar surface area (TPSA) is 33.2 Å². The largest absolute Gasteiger partial charge is 0.341 e. The summed E-state index contributed by atoms with van der Waals surface area (Å²) in [5.41, 5.74) is 2.16. The highest BCUT2D eigenvalue weighted by atomic mass is 35.5. The Hall–Kier alpha value is -1.87. The maximum absolute atomic E-state index is 12.1. The van der Waals surface area contributed by atoms with E-state index in [0.717, 1.165) is 17.5 Å². The maximum atomic E-state index is 12.1. The molecule has 0 aliphatic carbocycles. The van der Waals surface area contributed by atoms with E-state index >= 15 is 0 Å². The normalized spacial score (nSPS) is 10.3. The SMILES string of the molecule is CN(Cc1cccnc1)C(=O)CCc1ccc(Cl)cc1. The summed E-state index contributed by atoms with van der Waals surface area (Å²) in [6.45, 7) is 0.591. The molecule has 0 aliphatic heterocycles. The highest BCUT2D eigenvalue weighted by Gasteiger charge is 2.09. The minimum atomic E-state index is 0.129. The Labute approximate surface area is 124 Å². The predicted molar refractivity (Wildman–Crippen MR) is 80.5 cm³/mol. The van der Waals surface area contributed by atoms with Crippen molar-refractivity contribution in [3.05, 3.63) is 64.9 Å². The van der Waals surface area contributed by atoms with E-state index < -0.39 is 0 Å². The van der Waals surface area contributed by atoms with Gasteiger partial charge in [0.1, 0.15) is 0 Å². The van der Waals surface area contributed by atoms with Gasteiger partial charge in [-0.25, -0.2) is 0 Å². The monoisotopic (exact) mass is 288 g/mol. The molecule has 0 bridgehead atoms. The van der Waals surface area contributed by atoms with Gasteiger partial charge in [-0.15, -0.1) is 0 Å². The molecule has 20 heavy (non-hydrogen) atoms. The number of rotatable bonds is 5. The number of amides is 1. The quantitative estimate of drug-likeness (QED) is 0.845. The van der Waals surface area contributed by atoms with E-state index in [2.05, 4.69) is 4.98 Å². The Morgan fingerprint density at radius 1 is 1.20 bits per heavy atom. The van der Waals surface area contributed by atoms with Crippen molar-refractivity contribution in [2.45, 2.75) is 19.4 Å². The first-order valence-corrected chi connectivity index (χ1v) is 6.90. The molecule has 0 radical (unpaired) electrons. The summed E-state index contributed by atoms with van der Waals surface area (Å²) in [6.07, 6.45) is 4.74. The first-order valence-electron chi connectivity index (χ1n) is 6.52. The van der Waals surface area contributed by atoms with Crippen LogP contribution in [0.3, 0.4) is 0 Å². The molecular weight excluding hydrogens is 272 g/mol. The summed E-state index contributed by atoms with van der Waals surface area (Å²) in [5.74, 6) is 0.129. The summed E-state index contributed by atoms with van der Waals surface area (Å²) in [7, 11) is 1.82. The molecule has 2 aromatic rings. The average Bonchev–Trinajstić information content (AvgIpc) is 2.47. The third kappa shape index (κ3) is 4.35. The number of benzene rings is 1. The van der Waals surface area contributed by atoms with Crippen LogP contribution in [0, 0.1) is 0 Å². The van der Waals surface area contributed by atoms with Gasteiger partial charge in [-0.1, -0.05) is 29.8 Å². The zero-order chi connectivity index (χ0) is 14.4. The van der Waals surface area contributed by atoms with E-state index in [9.17, 15) is 4.79 Å². The Bertz CT molecular complexity index is 554. The van der Waals surface area contributed by atoms with Gasteiger partial charge in [-0.3, -0.25) is 9.78 Å². The van der Waals surface area contributed by atoms with E-state index in [1.807, 2.05) is 43.4 Å². The van der Waals surface area contributed by atoms with Crippen molar-refractivity contribution in [1.82, 2.24) is 9.88 Å². The number of nitrogens with zero attached hydrogens (tertiary/aromatic N) is 2. The smallest absolute Gasteiger partial charge is 0.222 e. The Kier molecular flexibility index (Phi) is 5.13. The molecular formula is C16H17ClN2O. The summed E-state index contributed by atoms with van der Waals surface area (Å²) in [4.78, 5) is 17.8. The van der Waals surface area contributed by atoms with Gasteiger partial charge in [-0.05, 0) is 35.7 Å². The average molecular weight is 289 g/mol. The van der Waals surface area contributed by atoms with Crippen LogP contribution in [0.1, 0.15) is 17.5 Å². The van der Waals surface area contributed by atoms with Gasteiger partial charge < -0.3 is 4.90 Å². The zero-order valence-corrected chi connectivity index (χ0v) is 12.2. The molecule has 0 saturated carbocycles. The van der Waals surface area contributed by atoms with Crippen LogP contribution in [0.15, 0.2) is 48.8 Å². The van der Waals surface area contributed by atoms with Crippen LogP contribution in [0.25, 0.3) is 0 Å². The fourth-order valence-corrected chi connectivity index (χ4v) is 2.07. The molecule has 1 heterocycles. The van der Waals surface area contributed by atoms with Crippen molar-refractivity contribution < 1.29 is 4.79 Å². The van der Waals surface area contributed by atoms with Crippen molar-refractivity contribution in [3.8, 4) is 0 Å². The van der Waals surface area contributed by atoms with Crippen LogP contribution in [0.2, 0.25) is 5.02 Å². The number of pyridine rings is 1. The van der Waals surface area contributed by atoms with E-state index in [0.29, 0.717) is 18.0 Å². The highest BCUT2D eigenvalue weighted by molar-refractivity contribution is 6.30. The van der Waals surface area contributed by atoms with E-state index in [4.69, 9.17) is 11.6 Å². The first kappa shape index (κ1) is 14.5. The Morgan fingerprint density at radius 2 is 1.95 bits per heavy atom. The number of carbonyl (C=O) groups excluding carboxylic acids is 1. The molecule has 0 unspecified atom stereocenters. The van der Waals surface area contributed by atoms with Crippen molar-refractivity contribution >= 4 is 17.5 Å². The van der Waals surface area contributed by atoms with Crippen molar-refractivity contribution in [2.75, 3.05) is 7.05 Å². The molecule has 2 rings (SSSR count). The minimum absolute atomic E-state index is 0.129. The summed E-state index contributed by atoms with van der Waals surface area (Å²) in [5, 5.41) is 0.716. The van der Waals surface area contributed by atoms with Crippen LogP contribution in [0.5, 0.6) is 0 Å². The second-order valence-electron chi connectivity index (χ2n) is 4.74. The van der Waals surface area contributed by atoms with Crippen LogP contribution in [0.4, 0.5) is 0 Å². The Balaban J connectivity index is 1.83. The maximum Gasteiger partial charge on any atom is 0.222 e. The van der Waals surface area contributed by atoms with Gasteiger partial charge >= 0.3 is 0 Å². The van der Waals surface area contributed by atoms with Gasteiger partial charge in [0.25, 0.3) is 0 Å². The van der Waals surface area contributed by atoms with Gasteiger partial charge in [0.05, 0.1) is 0 Å². The predicted octanol–water partition coefficient (Wildman–Crippen LogP) is 3.33. The number of hydrogen-bond acceptors (Lipinski definition) is 2. The molecule has 0 N–H and O–H groups in total. The molecule has 4 heteroatoms. The fraction of sp³-hybridized carbons (Fsp3) is 0.250. The lowest BCUT2D eigenvalue weighted by Crippen LogP contribution is -2.26. The minimum Gasteiger partial charge on any atom is -0.341 e. The first-order chi connectivity index (χ1) is 9.65. The van der Waals surface area contributed by atoms with E-state index in [1.54, 1.807) is 17.3 Å². The molecule has 3 nitrogen and oxygen atoms in total. The third-order valence-electron chi connectivity index (χ3n) is 3.11. The van der Waals surface area contributed by atoms with Crippen molar-refractivity contribution in [3.63, 3.8) is 0 Å². The number of aryl methyl sites for hydroxylation is 1. The van der Waals surface area contributed by atoms with Gasteiger partial charge in [0, 0.05) is 37.4 Å². The number of halogens is 1. The summed E-state index contributed by atoms with van der Waals surface area (Å²) >= 11 is 5.83. The third-order valence-corrected chi connectivity index (χ3v) is 3.36. The molecule has 0 saturated heterocycles. The molecule has 1 aromatic carbocycles. The second kappa shape index (κ2) is 7.06. The lowest BCUT2D eigenvalue weighted by Gasteiger charge is -2.17. The molecule has 0 atom stereocenters. The Morgan fingerprint density at radius 3 is 2.60 bits per heavy atom. The van der Waals surface area contributed by atoms with Crippen LogP contribution in [-0.4, -0.2) is 22.8 Å². The molecule has 0 aliphatic rings. The van der Waals surface area contributed by atoms with Crippen LogP contribution in [-0.2, 0) is 17.8 Å². The summed E-state index contributed by atoms with van der Waals surface area (Å²) in [6, 6.07) is 11.5. The summed E-state index contributed by atoms with van der Waals surface area (Å²) < 4.78 is 0. The standard InChI is InChI=1S/C16H17ClN2O/c1-19(12-14-3-2-10-18-11-14)16(20)9-6-13-4-7-15(17)8-5-13/h2-5,7-8,10-11H,6,9,12H2,1H3. The number of carbonyl (C=O) groups is 1. The van der Waals surface area contributed by atoms with E-state index in [-0.39, 0.29) is 5.91 Å². The van der Waals surface area contributed by atoms with Crippen LogP contribution >= 0.6 is 11.6 Å².